The Morgan fingerprint density at radius 3 is 2.43 bits per heavy atom. The van der Waals surface area contributed by atoms with Gasteiger partial charge in [0.2, 0.25) is 0 Å². The van der Waals surface area contributed by atoms with Gasteiger partial charge in [-0.25, -0.2) is 0 Å². The van der Waals surface area contributed by atoms with Crippen LogP contribution in [-0.2, 0) is 19.3 Å². The van der Waals surface area contributed by atoms with Gasteiger partial charge in [0.1, 0.15) is 0 Å². The van der Waals surface area contributed by atoms with Gasteiger partial charge >= 0.3 is 0 Å². The molecular formula is C14H20. The zero-order chi connectivity index (χ0) is 10.4. The second kappa shape index (κ2) is 5.64. The van der Waals surface area contributed by atoms with Gasteiger partial charge in [0.15, 0.2) is 0 Å². The maximum absolute atomic E-state index is 3.75. The summed E-state index contributed by atoms with van der Waals surface area (Å²) in [6.45, 7) is 8.20. The lowest BCUT2D eigenvalue weighted by Crippen LogP contribution is -1.93. The van der Waals surface area contributed by atoms with Crippen LogP contribution in [0, 0.1) is 0 Å². The van der Waals surface area contributed by atoms with Gasteiger partial charge < -0.3 is 0 Å². The molecule has 76 valence electrons. The lowest BCUT2D eigenvalue weighted by atomic mass is 9.98. The van der Waals surface area contributed by atoms with Crippen LogP contribution >= 0.6 is 0 Å². The molecule has 0 heteroatoms. The molecule has 0 radical (unpaired) electrons. The third kappa shape index (κ3) is 2.73. The van der Waals surface area contributed by atoms with E-state index in [0.29, 0.717) is 0 Å². The first-order valence-electron chi connectivity index (χ1n) is 5.53. The third-order valence-corrected chi connectivity index (χ3v) is 2.67. The van der Waals surface area contributed by atoms with Gasteiger partial charge in [0, 0.05) is 0 Å². The molecule has 0 bridgehead atoms. The summed E-state index contributed by atoms with van der Waals surface area (Å²) in [5.41, 5.74) is 4.45. The summed E-state index contributed by atoms with van der Waals surface area (Å²) in [6.07, 6.45) is 6.48. The van der Waals surface area contributed by atoms with Crippen LogP contribution in [0.1, 0.15) is 37.0 Å². The molecule has 14 heavy (non-hydrogen) atoms. The normalized spacial score (nSPS) is 10.1. The van der Waals surface area contributed by atoms with Crippen LogP contribution in [0.15, 0.2) is 30.9 Å². The second-order valence-electron chi connectivity index (χ2n) is 3.64. The van der Waals surface area contributed by atoms with E-state index in [1.54, 1.807) is 0 Å². The van der Waals surface area contributed by atoms with E-state index >= 15 is 0 Å². The van der Waals surface area contributed by atoms with Gasteiger partial charge in [-0.1, -0.05) is 38.1 Å². The first-order chi connectivity index (χ1) is 6.81. The van der Waals surface area contributed by atoms with E-state index in [2.05, 4.69) is 38.6 Å². The minimum Gasteiger partial charge on any atom is -0.103 e. The van der Waals surface area contributed by atoms with Crippen molar-refractivity contribution in [2.45, 2.75) is 39.5 Å². The predicted octanol–water partition coefficient (Wildman–Crippen LogP) is 3.93. The van der Waals surface area contributed by atoms with Crippen molar-refractivity contribution < 1.29 is 0 Å². The molecule has 0 spiro atoms. The lowest BCUT2D eigenvalue weighted by molar-refractivity contribution is 0.974. The highest BCUT2D eigenvalue weighted by Crippen LogP contribution is 2.14. The highest BCUT2D eigenvalue weighted by molar-refractivity contribution is 5.32. The molecule has 1 rings (SSSR count). The maximum atomic E-state index is 3.75. The summed E-state index contributed by atoms with van der Waals surface area (Å²) in [5, 5.41) is 0. The molecular weight excluding hydrogens is 168 g/mol. The molecule has 1 aromatic carbocycles. The van der Waals surface area contributed by atoms with Crippen molar-refractivity contribution in [2.24, 2.45) is 0 Å². The molecule has 1 aromatic rings. The Morgan fingerprint density at radius 1 is 1.14 bits per heavy atom. The first-order valence-corrected chi connectivity index (χ1v) is 5.53. The van der Waals surface area contributed by atoms with Gasteiger partial charge in [-0.3, -0.25) is 0 Å². The van der Waals surface area contributed by atoms with E-state index < -0.39 is 0 Å². The monoisotopic (exact) mass is 188 g/mol. The molecule has 0 unspecified atom stereocenters. The molecule has 0 saturated heterocycles. The van der Waals surface area contributed by atoms with Gasteiger partial charge in [-0.15, -0.1) is 6.58 Å². The molecule has 0 amide bonds. The Kier molecular flexibility index (Phi) is 4.45. The summed E-state index contributed by atoms with van der Waals surface area (Å²) in [7, 11) is 0. The highest BCUT2D eigenvalue weighted by atomic mass is 14.1. The Morgan fingerprint density at radius 2 is 1.86 bits per heavy atom. The number of benzene rings is 1. The number of rotatable bonds is 5. The quantitative estimate of drug-likeness (QED) is 0.614. The van der Waals surface area contributed by atoms with Crippen LogP contribution in [0.3, 0.4) is 0 Å². The van der Waals surface area contributed by atoms with Crippen molar-refractivity contribution in [3.8, 4) is 0 Å². The van der Waals surface area contributed by atoms with E-state index in [4.69, 9.17) is 0 Å². The van der Waals surface area contributed by atoms with Crippen LogP contribution in [0.2, 0.25) is 0 Å². The summed E-state index contributed by atoms with van der Waals surface area (Å²) in [5.74, 6) is 0. The standard InChI is InChI=1S/C14H20/c1-4-7-8-12-9-10-13(5-2)14(6-3)11-12/h4,9-11H,1,5-8H2,2-3H3. The number of hydrogen-bond acceptors (Lipinski definition) is 0. The maximum Gasteiger partial charge on any atom is -0.0244 e. The van der Waals surface area contributed by atoms with Gasteiger partial charge in [0.05, 0.1) is 0 Å². The molecule has 0 saturated carbocycles. The topological polar surface area (TPSA) is 0 Å². The number of allylic oxidation sites excluding steroid dienone is 1. The summed E-state index contributed by atoms with van der Waals surface area (Å²) in [4.78, 5) is 0. The van der Waals surface area contributed by atoms with E-state index in [1.807, 2.05) is 6.08 Å². The minimum atomic E-state index is 1.08. The third-order valence-electron chi connectivity index (χ3n) is 2.67. The van der Waals surface area contributed by atoms with E-state index in [1.165, 1.54) is 16.7 Å². The smallest absolute Gasteiger partial charge is 0.0244 e. The van der Waals surface area contributed by atoms with Crippen LogP contribution in [0.5, 0.6) is 0 Å². The lowest BCUT2D eigenvalue weighted by Gasteiger charge is -2.08. The Labute approximate surface area is 87.7 Å². The summed E-state index contributed by atoms with van der Waals surface area (Å²) >= 11 is 0. The van der Waals surface area contributed by atoms with Gasteiger partial charge in [0.25, 0.3) is 0 Å². The summed E-state index contributed by atoms with van der Waals surface area (Å²) < 4.78 is 0. The zero-order valence-corrected chi connectivity index (χ0v) is 9.34. The van der Waals surface area contributed by atoms with Crippen molar-refractivity contribution in [1.29, 1.82) is 0 Å². The van der Waals surface area contributed by atoms with Crippen LogP contribution in [0.25, 0.3) is 0 Å². The zero-order valence-electron chi connectivity index (χ0n) is 9.34. The minimum absolute atomic E-state index is 1.08. The molecule has 0 fully saturated rings. The van der Waals surface area contributed by atoms with Crippen LogP contribution in [-0.4, -0.2) is 0 Å². The van der Waals surface area contributed by atoms with Crippen LogP contribution < -0.4 is 0 Å². The van der Waals surface area contributed by atoms with Crippen LogP contribution in [0.4, 0.5) is 0 Å². The number of aryl methyl sites for hydroxylation is 3. The molecule has 0 aliphatic heterocycles. The van der Waals surface area contributed by atoms with Crippen molar-refractivity contribution in [1.82, 2.24) is 0 Å². The van der Waals surface area contributed by atoms with E-state index in [-0.39, 0.29) is 0 Å². The fourth-order valence-electron chi connectivity index (χ4n) is 1.78. The molecule has 0 N–H and O–H groups in total. The molecule has 0 atom stereocenters. The SMILES string of the molecule is C=CCCc1ccc(CC)c(CC)c1. The van der Waals surface area contributed by atoms with Crippen molar-refractivity contribution >= 4 is 0 Å². The fraction of sp³-hybridized carbons (Fsp3) is 0.429. The van der Waals surface area contributed by atoms with Crippen molar-refractivity contribution in [3.05, 3.63) is 47.5 Å². The average molecular weight is 188 g/mol. The average Bonchev–Trinajstić information content (AvgIpc) is 2.25. The molecule has 0 nitrogen and oxygen atoms in total. The molecule has 0 heterocycles. The van der Waals surface area contributed by atoms with E-state index in [9.17, 15) is 0 Å². The van der Waals surface area contributed by atoms with E-state index in [0.717, 1.165) is 25.7 Å². The van der Waals surface area contributed by atoms with Crippen molar-refractivity contribution in [2.75, 3.05) is 0 Å². The Balaban J connectivity index is 2.83. The Hall–Kier alpha value is -1.04. The van der Waals surface area contributed by atoms with Gasteiger partial charge in [-0.2, -0.15) is 0 Å². The molecule has 0 aliphatic rings. The van der Waals surface area contributed by atoms with Crippen molar-refractivity contribution in [3.63, 3.8) is 0 Å². The summed E-state index contributed by atoms with van der Waals surface area (Å²) in [6, 6.07) is 6.88. The molecule has 0 aromatic heterocycles. The first kappa shape index (κ1) is 11.0. The van der Waals surface area contributed by atoms with Gasteiger partial charge in [-0.05, 0) is 42.4 Å². The highest BCUT2D eigenvalue weighted by Gasteiger charge is 2.00. The number of hydrogen-bond donors (Lipinski definition) is 0. The largest absolute Gasteiger partial charge is 0.103 e. The molecule has 0 aliphatic carbocycles. The Bertz CT molecular complexity index is 297. The predicted molar refractivity (Wildman–Crippen MR) is 63.7 cm³/mol. The fourth-order valence-corrected chi connectivity index (χ4v) is 1.78. The second-order valence-corrected chi connectivity index (χ2v) is 3.64.